The van der Waals surface area contributed by atoms with Crippen LogP contribution in [0.2, 0.25) is 0 Å². The average Bonchev–Trinajstić information content (AvgIpc) is 3.07. The molecule has 2 aromatic heterocycles. The Hall–Kier alpha value is -1.43. The first kappa shape index (κ1) is 19.3. The molecule has 2 aromatic rings. The van der Waals surface area contributed by atoms with E-state index in [1.54, 1.807) is 0 Å². The number of nitrogens with zero attached hydrogens (tertiary/aromatic N) is 4. The number of imidazole rings is 1. The number of anilines is 1. The number of hydrogen-bond donors (Lipinski definition) is 3. The van der Waals surface area contributed by atoms with Crippen molar-refractivity contribution in [1.29, 1.82) is 0 Å². The number of aromatic nitrogens is 4. The molecule has 0 saturated carbocycles. The highest BCUT2D eigenvalue weighted by Crippen LogP contribution is 2.50. The molecule has 0 aliphatic carbocycles. The molecule has 5 atom stereocenters. The number of aliphatic hydroxyl groups is 1. The van der Waals surface area contributed by atoms with Crippen LogP contribution < -0.4 is 15.5 Å². The highest BCUT2D eigenvalue weighted by atomic mass is 31.2. The topological polar surface area (TPSA) is 209 Å². The standard InChI is InChI=1S/C11H17N5O8P2/c12-10-9-11(14-3-13-10)16(4-15-9)8-1-6(17)7(24-8)2-23-26(21,22)5-25(18,19)20/h3-4,6-8,17H,1-2,5H2,(H,21,22)(H2,12,13,14)(H2,18,19,20)/p-2/t6-,7+,8+/m0/s1. The second kappa shape index (κ2) is 6.95. The van der Waals surface area contributed by atoms with Gasteiger partial charge in [0.25, 0.3) is 0 Å². The first-order chi connectivity index (χ1) is 12.1. The molecule has 0 spiro atoms. The number of nitrogens with two attached hydrogens (primary N) is 1. The minimum atomic E-state index is -5.04. The van der Waals surface area contributed by atoms with E-state index in [0.29, 0.717) is 11.2 Å². The molecule has 1 saturated heterocycles. The summed E-state index contributed by atoms with van der Waals surface area (Å²) in [5.41, 5.74) is 6.42. The predicted molar refractivity (Wildman–Crippen MR) is 82.5 cm³/mol. The van der Waals surface area contributed by atoms with Gasteiger partial charge in [0, 0.05) is 6.42 Å². The van der Waals surface area contributed by atoms with Crippen molar-refractivity contribution in [1.82, 2.24) is 19.5 Å². The molecule has 0 aromatic carbocycles. The van der Waals surface area contributed by atoms with Crippen molar-refractivity contribution < 1.29 is 38.2 Å². The number of hydrogen-bond acceptors (Lipinski definition) is 11. The number of fused-ring (bicyclic) bond motifs is 1. The molecule has 1 aliphatic heterocycles. The molecule has 1 fully saturated rings. The molecular weight excluding hydrogens is 392 g/mol. The molecule has 0 amide bonds. The van der Waals surface area contributed by atoms with E-state index in [-0.39, 0.29) is 12.2 Å². The molecule has 15 heteroatoms. The second-order valence-electron chi connectivity index (χ2n) is 5.70. The van der Waals surface area contributed by atoms with Crippen molar-refractivity contribution in [2.24, 2.45) is 0 Å². The van der Waals surface area contributed by atoms with Crippen molar-refractivity contribution in [2.45, 2.75) is 24.9 Å². The van der Waals surface area contributed by atoms with Crippen LogP contribution in [0.5, 0.6) is 0 Å². The fraction of sp³-hybridized carbons (Fsp3) is 0.545. The Kier molecular flexibility index (Phi) is 5.17. The van der Waals surface area contributed by atoms with E-state index in [4.69, 9.17) is 15.4 Å². The molecular formula is C11H15N5O8P2-2. The van der Waals surface area contributed by atoms with Gasteiger partial charge in [-0.3, -0.25) is 4.57 Å². The van der Waals surface area contributed by atoms with Crippen LogP contribution in [0.15, 0.2) is 12.7 Å². The average molecular weight is 407 g/mol. The lowest BCUT2D eigenvalue weighted by molar-refractivity contribution is -0.207. The van der Waals surface area contributed by atoms with Crippen molar-refractivity contribution in [3.63, 3.8) is 0 Å². The zero-order valence-electron chi connectivity index (χ0n) is 13.1. The molecule has 13 nitrogen and oxygen atoms in total. The van der Waals surface area contributed by atoms with E-state index in [9.17, 15) is 24.0 Å². The van der Waals surface area contributed by atoms with E-state index in [2.05, 4.69) is 19.5 Å². The van der Waals surface area contributed by atoms with Gasteiger partial charge in [0.05, 0.1) is 24.9 Å². The third-order valence-electron chi connectivity index (χ3n) is 3.69. The van der Waals surface area contributed by atoms with Crippen molar-refractivity contribution in [3.05, 3.63) is 12.7 Å². The zero-order chi connectivity index (χ0) is 19.1. The van der Waals surface area contributed by atoms with Crippen LogP contribution >= 0.6 is 15.2 Å². The monoisotopic (exact) mass is 407 g/mol. The molecule has 3 heterocycles. The lowest BCUT2D eigenvalue weighted by atomic mass is 10.2. The van der Waals surface area contributed by atoms with E-state index in [0.717, 1.165) is 0 Å². The summed E-state index contributed by atoms with van der Waals surface area (Å²) in [5, 5.41) is 10.1. The van der Waals surface area contributed by atoms with Crippen LogP contribution in [0.25, 0.3) is 11.2 Å². The summed E-state index contributed by atoms with van der Waals surface area (Å²) in [4.78, 5) is 42.8. The maximum Gasteiger partial charge on any atom is 0.167 e. The third-order valence-corrected chi connectivity index (χ3v) is 7.05. The van der Waals surface area contributed by atoms with Gasteiger partial charge >= 0.3 is 0 Å². The summed E-state index contributed by atoms with van der Waals surface area (Å²) in [5.74, 6) is -1.36. The molecule has 26 heavy (non-hydrogen) atoms. The third kappa shape index (κ3) is 4.27. The lowest BCUT2D eigenvalue weighted by Gasteiger charge is -2.29. The van der Waals surface area contributed by atoms with Crippen LogP contribution in [-0.2, 0) is 18.4 Å². The van der Waals surface area contributed by atoms with E-state index < -0.39 is 46.1 Å². The second-order valence-corrected chi connectivity index (χ2v) is 9.59. The SMILES string of the molecule is Nc1ncnc2c1ncn2[C@H]1C[C@H](O)[C@@H](COP(=O)([O-])CP(=O)([O-])O)O1. The summed E-state index contributed by atoms with van der Waals surface area (Å²) in [6, 6.07) is 0. The Bertz CT molecular complexity index is 900. The summed E-state index contributed by atoms with van der Waals surface area (Å²) < 4.78 is 33.8. The van der Waals surface area contributed by atoms with Crippen molar-refractivity contribution in [3.8, 4) is 0 Å². The number of rotatable bonds is 6. The van der Waals surface area contributed by atoms with Crippen LogP contribution in [0.3, 0.4) is 0 Å². The largest absolute Gasteiger partial charge is 0.778 e. The Morgan fingerprint density at radius 2 is 2.12 bits per heavy atom. The van der Waals surface area contributed by atoms with Crippen LogP contribution in [0.4, 0.5) is 5.82 Å². The van der Waals surface area contributed by atoms with Gasteiger partial charge in [0.15, 0.2) is 11.5 Å². The Labute approximate surface area is 146 Å². The molecule has 1 aliphatic rings. The fourth-order valence-corrected chi connectivity index (χ4v) is 5.02. The molecule has 2 unspecified atom stereocenters. The van der Waals surface area contributed by atoms with Gasteiger partial charge in [-0.2, -0.15) is 0 Å². The van der Waals surface area contributed by atoms with Gasteiger partial charge in [-0.15, -0.1) is 0 Å². The predicted octanol–water partition coefficient (Wildman–Crippen LogP) is -1.87. The highest BCUT2D eigenvalue weighted by molar-refractivity contribution is 7.68. The maximum absolute atomic E-state index is 11.5. The van der Waals surface area contributed by atoms with Gasteiger partial charge in [-0.25, -0.2) is 15.0 Å². The van der Waals surface area contributed by atoms with Crippen LogP contribution in [0, 0.1) is 0 Å². The van der Waals surface area contributed by atoms with Crippen LogP contribution in [-0.4, -0.2) is 54.2 Å². The van der Waals surface area contributed by atoms with Gasteiger partial charge in [0.1, 0.15) is 39.4 Å². The quantitative estimate of drug-likeness (QED) is 0.450. The van der Waals surface area contributed by atoms with Crippen molar-refractivity contribution >= 4 is 32.2 Å². The number of nitrogen functional groups attached to an aromatic ring is 1. The first-order valence-electron chi connectivity index (χ1n) is 7.30. The lowest BCUT2D eigenvalue weighted by Crippen LogP contribution is -2.27. The Balaban J connectivity index is 1.69. The summed E-state index contributed by atoms with van der Waals surface area (Å²) in [6.45, 7) is -0.609. The summed E-state index contributed by atoms with van der Waals surface area (Å²) in [6.07, 6.45) is -0.104. The molecule has 4 N–H and O–H groups in total. The van der Waals surface area contributed by atoms with Gasteiger partial charge in [-0.1, -0.05) is 0 Å². The van der Waals surface area contributed by atoms with Crippen LogP contribution in [0.1, 0.15) is 12.6 Å². The normalized spacial score (nSPS) is 28.1. The molecule has 3 rings (SSSR count). The summed E-state index contributed by atoms with van der Waals surface area (Å²) >= 11 is 0. The number of aliphatic hydroxyl groups excluding tert-OH is 1. The summed E-state index contributed by atoms with van der Waals surface area (Å²) in [7, 11) is -9.88. The van der Waals surface area contributed by atoms with Gasteiger partial charge in [0.2, 0.25) is 0 Å². The zero-order valence-corrected chi connectivity index (χ0v) is 14.9. The molecule has 0 radical (unpaired) electrons. The fourth-order valence-electron chi connectivity index (χ4n) is 2.56. The van der Waals surface area contributed by atoms with E-state index in [1.807, 2.05) is 0 Å². The minimum absolute atomic E-state index is 0.0899. The molecule has 144 valence electrons. The van der Waals surface area contributed by atoms with E-state index in [1.165, 1.54) is 17.2 Å². The number of ether oxygens (including phenoxy) is 1. The van der Waals surface area contributed by atoms with Crippen molar-refractivity contribution in [2.75, 3.05) is 18.2 Å². The molecule has 0 bridgehead atoms. The van der Waals surface area contributed by atoms with E-state index >= 15 is 0 Å². The Morgan fingerprint density at radius 1 is 1.38 bits per heavy atom. The van der Waals surface area contributed by atoms with Gasteiger partial charge in [-0.05, 0) is 0 Å². The minimum Gasteiger partial charge on any atom is -0.778 e. The smallest absolute Gasteiger partial charge is 0.167 e. The highest BCUT2D eigenvalue weighted by Gasteiger charge is 2.36. The Morgan fingerprint density at radius 3 is 2.81 bits per heavy atom. The van der Waals surface area contributed by atoms with Gasteiger partial charge < -0.3 is 43.9 Å². The maximum atomic E-state index is 11.5. The first-order valence-corrected chi connectivity index (χ1v) is 10.8.